The third-order valence-electron chi connectivity index (χ3n) is 3.35. The largest absolute Gasteiger partial charge is 0.451 e. The summed E-state index contributed by atoms with van der Waals surface area (Å²) in [6.45, 7) is 2.77. The number of hydrogen-bond acceptors (Lipinski definition) is 5. The topological polar surface area (TPSA) is 89.5 Å². The number of halogens is 1. The second kappa shape index (κ2) is 7.43. The summed E-state index contributed by atoms with van der Waals surface area (Å²) in [4.78, 5) is 22.9. The molecule has 132 valence electrons. The molecule has 2 aromatic carbocycles. The zero-order chi connectivity index (χ0) is 18.6. The number of anilines is 1. The number of carbonyl (C=O) groups is 2. The second-order valence-electron chi connectivity index (χ2n) is 5.29. The Morgan fingerprint density at radius 2 is 1.60 bits per heavy atom. The number of carbonyl (C=O) groups excluding carboxylic acids is 2. The summed E-state index contributed by atoms with van der Waals surface area (Å²) in [5.41, 5.74) is 0.401. The molecule has 0 aliphatic heterocycles. The maximum atomic E-state index is 12.9. The lowest BCUT2D eigenvalue weighted by molar-refractivity contribution is -0.124. The Morgan fingerprint density at radius 3 is 2.12 bits per heavy atom. The van der Waals surface area contributed by atoms with E-state index in [-0.39, 0.29) is 21.9 Å². The number of ketones is 1. The fourth-order valence-electron chi connectivity index (χ4n) is 1.81. The fraction of sp³-hybridized carbons (Fsp3) is 0.176. The molecule has 0 aromatic heterocycles. The van der Waals surface area contributed by atoms with Gasteiger partial charge in [-0.25, -0.2) is 17.6 Å². The molecule has 2 rings (SSSR count). The first-order valence-electron chi connectivity index (χ1n) is 7.29. The minimum absolute atomic E-state index is 0.0901. The highest BCUT2D eigenvalue weighted by Gasteiger charge is 2.17. The number of rotatable bonds is 6. The fourth-order valence-corrected chi connectivity index (χ4v) is 2.87. The third-order valence-corrected chi connectivity index (χ3v) is 4.75. The number of nitrogens with one attached hydrogen (secondary N) is 1. The summed E-state index contributed by atoms with van der Waals surface area (Å²) in [6, 6.07) is 9.90. The van der Waals surface area contributed by atoms with E-state index in [2.05, 4.69) is 4.72 Å². The molecule has 8 heteroatoms. The average molecular weight is 365 g/mol. The Bertz CT molecular complexity index is 876. The molecule has 6 nitrogen and oxygen atoms in total. The van der Waals surface area contributed by atoms with Gasteiger partial charge in [0, 0.05) is 5.69 Å². The highest BCUT2D eigenvalue weighted by Crippen LogP contribution is 2.17. The van der Waals surface area contributed by atoms with Crippen LogP contribution in [0.4, 0.5) is 10.1 Å². The molecule has 0 spiro atoms. The predicted octanol–water partition coefficient (Wildman–Crippen LogP) is 2.76. The van der Waals surface area contributed by atoms with Gasteiger partial charge in [-0.15, -0.1) is 0 Å². The van der Waals surface area contributed by atoms with Crippen LogP contribution in [-0.4, -0.2) is 26.3 Å². The van der Waals surface area contributed by atoms with Gasteiger partial charge in [-0.2, -0.15) is 0 Å². The quantitative estimate of drug-likeness (QED) is 0.795. The zero-order valence-electron chi connectivity index (χ0n) is 13.5. The van der Waals surface area contributed by atoms with Crippen LogP contribution in [0.5, 0.6) is 0 Å². The van der Waals surface area contributed by atoms with E-state index in [1.807, 2.05) is 0 Å². The summed E-state index contributed by atoms with van der Waals surface area (Å²) in [6.07, 6.45) is -0.857. The molecule has 0 amide bonds. The first-order valence-corrected chi connectivity index (χ1v) is 8.77. The summed E-state index contributed by atoms with van der Waals surface area (Å²) in [7, 11) is -3.87. The first kappa shape index (κ1) is 18.6. The van der Waals surface area contributed by atoms with Crippen LogP contribution in [0.15, 0.2) is 53.4 Å². The molecule has 1 unspecified atom stereocenters. The maximum absolute atomic E-state index is 12.9. The van der Waals surface area contributed by atoms with Crippen molar-refractivity contribution in [1.29, 1.82) is 0 Å². The monoisotopic (exact) mass is 365 g/mol. The molecule has 2 aromatic rings. The predicted molar refractivity (Wildman–Crippen MR) is 89.2 cm³/mol. The van der Waals surface area contributed by atoms with E-state index < -0.39 is 27.9 Å². The summed E-state index contributed by atoms with van der Waals surface area (Å²) >= 11 is 0. The maximum Gasteiger partial charge on any atom is 0.338 e. The van der Waals surface area contributed by atoms with Crippen molar-refractivity contribution < 1.29 is 27.1 Å². The smallest absolute Gasteiger partial charge is 0.338 e. The molecular weight excluding hydrogens is 349 g/mol. The SMILES string of the molecule is CC(=O)C(C)OC(=O)c1ccc(NS(=O)(=O)c2ccc(F)cc2)cc1. The van der Waals surface area contributed by atoms with Crippen LogP contribution in [-0.2, 0) is 19.6 Å². The molecule has 1 N–H and O–H groups in total. The van der Waals surface area contributed by atoms with Gasteiger partial charge in [-0.1, -0.05) is 0 Å². The number of sulfonamides is 1. The van der Waals surface area contributed by atoms with E-state index in [1.165, 1.54) is 38.1 Å². The van der Waals surface area contributed by atoms with Crippen molar-refractivity contribution in [3.8, 4) is 0 Å². The van der Waals surface area contributed by atoms with Crippen LogP contribution in [0.2, 0.25) is 0 Å². The molecule has 0 fully saturated rings. The van der Waals surface area contributed by atoms with E-state index in [0.29, 0.717) is 0 Å². The van der Waals surface area contributed by atoms with Gasteiger partial charge in [0.1, 0.15) is 5.82 Å². The lowest BCUT2D eigenvalue weighted by Gasteiger charge is -2.11. The van der Waals surface area contributed by atoms with Crippen molar-refractivity contribution in [3.05, 3.63) is 59.9 Å². The van der Waals surface area contributed by atoms with Crippen molar-refractivity contribution >= 4 is 27.5 Å². The lowest BCUT2D eigenvalue weighted by Crippen LogP contribution is -2.21. The van der Waals surface area contributed by atoms with Crippen LogP contribution in [0.25, 0.3) is 0 Å². The zero-order valence-corrected chi connectivity index (χ0v) is 14.3. The number of hydrogen-bond donors (Lipinski definition) is 1. The van der Waals surface area contributed by atoms with Gasteiger partial charge in [-0.05, 0) is 62.4 Å². The van der Waals surface area contributed by atoms with Gasteiger partial charge >= 0.3 is 5.97 Å². The molecular formula is C17H16FNO5S. The molecule has 0 aliphatic rings. The van der Waals surface area contributed by atoms with Crippen molar-refractivity contribution in [2.45, 2.75) is 24.8 Å². The molecule has 0 bridgehead atoms. The van der Waals surface area contributed by atoms with Crippen LogP contribution in [0.3, 0.4) is 0 Å². The van der Waals surface area contributed by atoms with Gasteiger partial charge in [0.25, 0.3) is 10.0 Å². The van der Waals surface area contributed by atoms with Crippen molar-refractivity contribution in [2.24, 2.45) is 0 Å². The van der Waals surface area contributed by atoms with Crippen molar-refractivity contribution in [2.75, 3.05) is 4.72 Å². The second-order valence-corrected chi connectivity index (χ2v) is 6.98. The molecule has 0 heterocycles. The lowest BCUT2D eigenvalue weighted by atomic mass is 10.2. The Labute approximate surface area is 144 Å². The minimum Gasteiger partial charge on any atom is -0.451 e. The highest BCUT2D eigenvalue weighted by molar-refractivity contribution is 7.92. The van der Waals surface area contributed by atoms with E-state index >= 15 is 0 Å². The first-order chi connectivity index (χ1) is 11.7. The molecule has 25 heavy (non-hydrogen) atoms. The van der Waals surface area contributed by atoms with E-state index in [0.717, 1.165) is 24.3 Å². The Kier molecular flexibility index (Phi) is 5.53. The number of ether oxygens (including phenoxy) is 1. The molecule has 0 radical (unpaired) electrons. The Balaban J connectivity index is 2.11. The van der Waals surface area contributed by atoms with Crippen LogP contribution in [0.1, 0.15) is 24.2 Å². The summed E-state index contributed by atoms with van der Waals surface area (Å²) in [5.74, 6) is -1.51. The molecule has 0 saturated carbocycles. The molecule has 0 aliphatic carbocycles. The summed E-state index contributed by atoms with van der Waals surface area (Å²) in [5, 5.41) is 0. The van der Waals surface area contributed by atoms with E-state index in [1.54, 1.807) is 0 Å². The van der Waals surface area contributed by atoms with Gasteiger partial charge in [0.05, 0.1) is 10.5 Å². The highest BCUT2D eigenvalue weighted by atomic mass is 32.2. The van der Waals surface area contributed by atoms with Gasteiger partial charge in [0.2, 0.25) is 0 Å². The van der Waals surface area contributed by atoms with Gasteiger partial charge in [-0.3, -0.25) is 9.52 Å². The van der Waals surface area contributed by atoms with Crippen molar-refractivity contribution in [3.63, 3.8) is 0 Å². The van der Waals surface area contributed by atoms with E-state index in [9.17, 15) is 22.4 Å². The van der Waals surface area contributed by atoms with Gasteiger partial charge < -0.3 is 4.74 Å². The minimum atomic E-state index is -3.87. The third kappa shape index (κ3) is 4.87. The Morgan fingerprint density at radius 1 is 1.04 bits per heavy atom. The van der Waals surface area contributed by atoms with E-state index in [4.69, 9.17) is 4.74 Å². The summed E-state index contributed by atoms with van der Waals surface area (Å²) < 4.78 is 44.5. The van der Waals surface area contributed by atoms with Gasteiger partial charge in [0.15, 0.2) is 11.9 Å². The normalized spacial score (nSPS) is 12.3. The standard InChI is InChI=1S/C17H16FNO5S/c1-11(20)12(2)24-17(21)13-3-7-15(8-4-13)19-25(22,23)16-9-5-14(18)6-10-16/h3-10,12,19H,1-2H3. The number of benzene rings is 2. The number of esters is 1. The molecule has 1 atom stereocenters. The van der Waals surface area contributed by atoms with Crippen LogP contribution < -0.4 is 4.72 Å². The van der Waals surface area contributed by atoms with Crippen LogP contribution in [0, 0.1) is 5.82 Å². The average Bonchev–Trinajstić information content (AvgIpc) is 2.55. The number of Topliss-reactive ketones (excluding diaryl/α,β-unsaturated/α-hetero) is 1. The van der Waals surface area contributed by atoms with Crippen LogP contribution >= 0.6 is 0 Å². The van der Waals surface area contributed by atoms with Crippen molar-refractivity contribution in [1.82, 2.24) is 0 Å². The molecule has 0 saturated heterocycles. The Hall–Kier alpha value is -2.74.